The van der Waals surface area contributed by atoms with Crippen LogP contribution in [0.1, 0.15) is 30.0 Å². The zero-order valence-electron chi connectivity index (χ0n) is 12.8. The number of hydrogen-bond acceptors (Lipinski definition) is 4. The molecule has 0 spiro atoms. The molecule has 1 aliphatic heterocycles. The maximum atomic E-state index is 13.1. The van der Waals surface area contributed by atoms with E-state index in [9.17, 15) is 13.2 Å². The van der Waals surface area contributed by atoms with Crippen LogP contribution in [0.2, 0.25) is 5.15 Å². The van der Waals surface area contributed by atoms with Crippen LogP contribution in [0.5, 0.6) is 0 Å². The average molecular weight is 392 g/mol. The maximum absolute atomic E-state index is 13.1. The van der Waals surface area contributed by atoms with Crippen molar-refractivity contribution in [3.63, 3.8) is 0 Å². The molecule has 0 amide bonds. The Morgan fingerprint density at radius 2 is 2.00 bits per heavy atom. The Bertz CT molecular complexity index is 791. The number of nitrogens with zero attached hydrogens (tertiary/aromatic N) is 4. The normalized spacial score (nSPS) is 15.5. The minimum Gasteiger partial charge on any atom is -0.317 e. The third-order valence-electron chi connectivity index (χ3n) is 3.97. The van der Waals surface area contributed by atoms with Crippen molar-refractivity contribution in [2.24, 2.45) is 0 Å². The van der Waals surface area contributed by atoms with E-state index >= 15 is 0 Å². The van der Waals surface area contributed by atoms with Crippen molar-refractivity contribution >= 4 is 24.0 Å². The van der Waals surface area contributed by atoms with E-state index in [0.717, 1.165) is 32.0 Å². The first kappa shape index (κ1) is 19.5. The Hall–Kier alpha value is -1.82. The Morgan fingerprint density at radius 1 is 1.32 bits per heavy atom. The number of halogens is 5. The highest BCUT2D eigenvalue weighted by molar-refractivity contribution is 6.30. The summed E-state index contributed by atoms with van der Waals surface area (Å²) in [6.07, 6.45) is 0.248. The zero-order valence-corrected chi connectivity index (χ0v) is 14.4. The minimum atomic E-state index is -4.68. The number of piperidine rings is 1. The van der Waals surface area contributed by atoms with Crippen molar-refractivity contribution in [3.8, 4) is 17.3 Å². The Balaban J connectivity index is 0.00000225. The van der Waals surface area contributed by atoms with E-state index in [2.05, 4.69) is 15.4 Å². The van der Waals surface area contributed by atoms with Crippen LogP contribution in [0.15, 0.2) is 18.5 Å². The predicted molar refractivity (Wildman–Crippen MR) is 88.6 cm³/mol. The number of nitriles is 1. The van der Waals surface area contributed by atoms with Gasteiger partial charge >= 0.3 is 6.18 Å². The zero-order chi connectivity index (χ0) is 17.3. The molecule has 1 N–H and O–H groups in total. The molecule has 1 fully saturated rings. The van der Waals surface area contributed by atoms with Gasteiger partial charge in [-0.3, -0.25) is 4.68 Å². The van der Waals surface area contributed by atoms with Crippen LogP contribution in [0.4, 0.5) is 13.2 Å². The third kappa shape index (κ3) is 4.06. The molecule has 3 heterocycles. The molecule has 0 radical (unpaired) electrons. The molecule has 5 nitrogen and oxygen atoms in total. The molecule has 0 aromatic carbocycles. The SMILES string of the molecule is Cl.N#Cc1c(C(F)(F)F)cc(-c2cnn(C3CCNCC3)c2)nc1Cl. The van der Waals surface area contributed by atoms with E-state index in [4.69, 9.17) is 16.9 Å². The first-order chi connectivity index (χ1) is 11.4. The topological polar surface area (TPSA) is 66.5 Å². The second kappa shape index (κ2) is 7.60. The molecule has 10 heteroatoms. The highest BCUT2D eigenvalue weighted by Gasteiger charge is 2.36. The summed E-state index contributed by atoms with van der Waals surface area (Å²) < 4.78 is 41.2. The number of aromatic nitrogens is 3. The highest BCUT2D eigenvalue weighted by atomic mass is 35.5. The van der Waals surface area contributed by atoms with Crippen LogP contribution in [-0.2, 0) is 6.18 Å². The lowest BCUT2D eigenvalue weighted by Gasteiger charge is -2.22. The molecular formula is C15H14Cl2F3N5. The summed E-state index contributed by atoms with van der Waals surface area (Å²) in [5, 5.41) is 15.9. The van der Waals surface area contributed by atoms with Crippen molar-refractivity contribution in [2.75, 3.05) is 13.1 Å². The Labute approximate surface area is 153 Å². The molecule has 0 atom stereocenters. The van der Waals surface area contributed by atoms with Gasteiger partial charge in [0.1, 0.15) is 16.8 Å². The summed E-state index contributed by atoms with van der Waals surface area (Å²) in [5.74, 6) is 0. The molecule has 0 aliphatic carbocycles. The second-order valence-electron chi connectivity index (χ2n) is 5.52. The quantitative estimate of drug-likeness (QED) is 0.789. The number of hydrogen-bond donors (Lipinski definition) is 1. The molecule has 3 rings (SSSR count). The van der Waals surface area contributed by atoms with Crippen LogP contribution in [0, 0.1) is 11.3 Å². The van der Waals surface area contributed by atoms with Gasteiger partial charge in [0, 0.05) is 11.8 Å². The summed E-state index contributed by atoms with van der Waals surface area (Å²) in [5.41, 5.74) is -1.27. The summed E-state index contributed by atoms with van der Waals surface area (Å²) in [4.78, 5) is 3.92. The number of pyridine rings is 1. The van der Waals surface area contributed by atoms with Gasteiger partial charge in [-0.25, -0.2) is 4.98 Å². The highest BCUT2D eigenvalue weighted by Crippen LogP contribution is 2.36. The lowest BCUT2D eigenvalue weighted by atomic mass is 10.1. The Morgan fingerprint density at radius 3 is 2.60 bits per heavy atom. The summed E-state index contributed by atoms with van der Waals surface area (Å²) in [7, 11) is 0. The second-order valence-corrected chi connectivity index (χ2v) is 5.88. The van der Waals surface area contributed by atoms with E-state index in [0.29, 0.717) is 5.56 Å². The van der Waals surface area contributed by atoms with Gasteiger partial charge in [-0.15, -0.1) is 12.4 Å². The third-order valence-corrected chi connectivity index (χ3v) is 4.25. The van der Waals surface area contributed by atoms with E-state index < -0.39 is 22.5 Å². The van der Waals surface area contributed by atoms with Crippen LogP contribution >= 0.6 is 24.0 Å². The lowest BCUT2D eigenvalue weighted by Crippen LogP contribution is -2.29. The molecular weight excluding hydrogens is 378 g/mol. The van der Waals surface area contributed by atoms with Gasteiger partial charge in [0.2, 0.25) is 0 Å². The molecule has 0 bridgehead atoms. The number of nitrogens with one attached hydrogen (secondary N) is 1. The van der Waals surface area contributed by atoms with Crippen molar-refractivity contribution in [3.05, 3.63) is 34.7 Å². The first-order valence-electron chi connectivity index (χ1n) is 7.33. The molecule has 1 saturated heterocycles. The van der Waals surface area contributed by atoms with E-state index in [1.807, 2.05) is 0 Å². The molecule has 2 aromatic rings. The summed E-state index contributed by atoms with van der Waals surface area (Å²) >= 11 is 5.78. The van der Waals surface area contributed by atoms with E-state index in [1.165, 1.54) is 12.3 Å². The predicted octanol–water partition coefficient (Wildman–Crippen LogP) is 3.84. The van der Waals surface area contributed by atoms with Gasteiger partial charge in [-0.05, 0) is 32.0 Å². The van der Waals surface area contributed by atoms with Crippen molar-refractivity contribution < 1.29 is 13.2 Å². The largest absolute Gasteiger partial charge is 0.417 e. The van der Waals surface area contributed by atoms with Gasteiger partial charge in [0.15, 0.2) is 0 Å². The fraction of sp³-hybridized carbons (Fsp3) is 0.400. The van der Waals surface area contributed by atoms with Gasteiger partial charge in [0.25, 0.3) is 0 Å². The average Bonchev–Trinajstić information content (AvgIpc) is 3.04. The number of rotatable bonds is 2. The van der Waals surface area contributed by atoms with Crippen LogP contribution in [0.3, 0.4) is 0 Å². The first-order valence-corrected chi connectivity index (χ1v) is 7.71. The van der Waals surface area contributed by atoms with E-state index in [-0.39, 0.29) is 24.1 Å². The molecule has 25 heavy (non-hydrogen) atoms. The summed E-state index contributed by atoms with van der Waals surface area (Å²) in [6.45, 7) is 1.75. The minimum absolute atomic E-state index is 0. The van der Waals surface area contributed by atoms with E-state index in [1.54, 1.807) is 10.9 Å². The maximum Gasteiger partial charge on any atom is 0.417 e. The van der Waals surface area contributed by atoms with Crippen molar-refractivity contribution in [1.29, 1.82) is 5.26 Å². The summed E-state index contributed by atoms with van der Waals surface area (Å²) in [6, 6.07) is 2.51. The van der Waals surface area contributed by atoms with Gasteiger partial charge < -0.3 is 5.32 Å². The molecule has 2 aromatic heterocycles. The lowest BCUT2D eigenvalue weighted by molar-refractivity contribution is -0.137. The van der Waals surface area contributed by atoms with Crippen LogP contribution in [-0.4, -0.2) is 27.9 Å². The fourth-order valence-corrected chi connectivity index (χ4v) is 2.97. The van der Waals surface area contributed by atoms with Crippen molar-refractivity contribution in [2.45, 2.75) is 25.1 Å². The van der Waals surface area contributed by atoms with Gasteiger partial charge in [-0.2, -0.15) is 23.5 Å². The molecule has 0 unspecified atom stereocenters. The Kier molecular flexibility index (Phi) is 5.93. The monoisotopic (exact) mass is 391 g/mol. The standard InChI is InChI=1S/C15H13ClF3N5.ClH/c16-14-11(6-20)12(15(17,18)19)5-13(23-14)9-7-22-24(8-9)10-1-3-21-4-2-10;/h5,7-8,10,21H,1-4H2;1H. The van der Waals surface area contributed by atoms with Crippen LogP contribution < -0.4 is 5.32 Å². The molecule has 134 valence electrons. The molecule has 1 aliphatic rings. The van der Waals surface area contributed by atoms with Gasteiger partial charge in [0.05, 0.1) is 23.5 Å². The van der Waals surface area contributed by atoms with Gasteiger partial charge in [-0.1, -0.05) is 11.6 Å². The fourth-order valence-electron chi connectivity index (χ4n) is 2.73. The van der Waals surface area contributed by atoms with Crippen LogP contribution in [0.25, 0.3) is 11.3 Å². The van der Waals surface area contributed by atoms with Crippen molar-refractivity contribution in [1.82, 2.24) is 20.1 Å². The number of alkyl halides is 3. The smallest absolute Gasteiger partial charge is 0.317 e. The molecule has 0 saturated carbocycles.